The molecule has 2 rings (SSSR count). The fraction of sp³-hybridized carbons (Fsp3) is 0.458. The lowest BCUT2D eigenvalue weighted by Gasteiger charge is -2.35. The number of non-ortho nitro benzene ring substituents is 1. The van der Waals surface area contributed by atoms with Crippen LogP contribution in [-0.2, 0) is 19.1 Å². The van der Waals surface area contributed by atoms with Crippen LogP contribution in [0.4, 0.5) is 5.69 Å². The minimum absolute atomic E-state index is 0.110. The van der Waals surface area contributed by atoms with Crippen molar-refractivity contribution in [2.24, 2.45) is 0 Å². The Morgan fingerprint density at radius 3 is 2.55 bits per heavy atom. The Labute approximate surface area is 193 Å². The molecule has 33 heavy (non-hydrogen) atoms. The van der Waals surface area contributed by atoms with Gasteiger partial charge in [0.1, 0.15) is 5.76 Å². The number of rotatable bonds is 12. The van der Waals surface area contributed by atoms with E-state index in [1.165, 1.54) is 24.1 Å². The predicted octanol–water partition coefficient (Wildman–Crippen LogP) is 4.71. The van der Waals surface area contributed by atoms with Crippen molar-refractivity contribution < 1.29 is 24.0 Å². The van der Waals surface area contributed by atoms with E-state index in [9.17, 15) is 19.7 Å². The molecular weight excluding hydrogens is 426 g/mol. The molecule has 0 aliphatic carbocycles. The van der Waals surface area contributed by atoms with Crippen LogP contribution in [0.25, 0.3) is 0 Å². The van der Waals surface area contributed by atoms with Gasteiger partial charge < -0.3 is 9.47 Å². The van der Waals surface area contributed by atoms with E-state index in [0.29, 0.717) is 42.2 Å². The molecule has 1 aliphatic heterocycles. The standard InChI is InChI=1S/C24H29N3O6/c1-17-21(24(29)32-3)22(19-11-10-12-20(15-19)27(30)31)23(18(2)26(17)16-28)33-14-9-7-5-4-6-8-13-25/h10-12,15-16,22H,4-9,14H2,1-3H3. The Morgan fingerprint density at radius 1 is 1.21 bits per heavy atom. The topological polar surface area (TPSA) is 123 Å². The maximum Gasteiger partial charge on any atom is 0.336 e. The molecule has 0 N–H and O–H groups in total. The molecule has 0 spiro atoms. The van der Waals surface area contributed by atoms with Gasteiger partial charge in [-0.2, -0.15) is 5.26 Å². The van der Waals surface area contributed by atoms with Crippen molar-refractivity contribution in [2.75, 3.05) is 13.7 Å². The van der Waals surface area contributed by atoms with E-state index in [-0.39, 0.29) is 11.3 Å². The van der Waals surface area contributed by atoms with Crippen molar-refractivity contribution in [3.63, 3.8) is 0 Å². The number of allylic oxidation sites excluding steroid dienone is 3. The van der Waals surface area contributed by atoms with Gasteiger partial charge in [0.15, 0.2) is 0 Å². The molecule has 9 heteroatoms. The molecule has 176 valence electrons. The summed E-state index contributed by atoms with van der Waals surface area (Å²) >= 11 is 0. The number of methoxy groups -OCH3 is 1. The maximum atomic E-state index is 12.7. The van der Waals surface area contributed by atoms with Crippen LogP contribution in [-0.4, -0.2) is 35.9 Å². The van der Waals surface area contributed by atoms with Crippen molar-refractivity contribution in [3.05, 3.63) is 62.7 Å². The van der Waals surface area contributed by atoms with Crippen LogP contribution in [0.1, 0.15) is 63.9 Å². The number of carbonyl (C=O) groups is 2. The van der Waals surface area contributed by atoms with Gasteiger partial charge in [-0.25, -0.2) is 4.79 Å². The molecule has 1 atom stereocenters. The van der Waals surface area contributed by atoms with Crippen LogP contribution in [0.5, 0.6) is 0 Å². The molecule has 0 radical (unpaired) electrons. The summed E-state index contributed by atoms with van der Waals surface area (Å²) in [6.07, 6.45) is 5.64. The number of nitriles is 1. The molecule has 1 aromatic carbocycles. The first-order valence-corrected chi connectivity index (χ1v) is 10.9. The lowest BCUT2D eigenvalue weighted by molar-refractivity contribution is -0.384. The summed E-state index contributed by atoms with van der Waals surface area (Å²) in [5.74, 6) is -0.996. The van der Waals surface area contributed by atoms with Crippen LogP contribution < -0.4 is 0 Å². The quantitative estimate of drug-likeness (QED) is 0.147. The van der Waals surface area contributed by atoms with Crippen LogP contribution in [0, 0.1) is 21.4 Å². The van der Waals surface area contributed by atoms with Gasteiger partial charge in [0.25, 0.3) is 5.69 Å². The van der Waals surface area contributed by atoms with Gasteiger partial charge in [-0.3, -0.25) is 19.8 Å². The predicted molar refractivity (Wildman–Crippen MR) is 120 cm³/mol. The smallest absolute Gasteiger partial charge is 0.336 e. The van der Waals surface area contributed by atoms with Gasteiger partial charge in [-0.1, -0.05) is 31.4 Å². The van der Waals surface area contributed by atoms with Gasteiger partial charge in [0, 0.05) is 24.3 Å². The largest absolute Gasteiger partial charge is 0.495 e. The van der Waals surface area contributed by atoms with Crippen LogP contribution in [0.3, 0.4) is 0 Å². The number of hydrogen-bond donors (Lipinski definition) is 0. The van der Waals surface area contributed by atoms with Gasteiger partial charge in [0.05, 0.1) is 41.9 Å². The van der Waals surface area contributed by atoms with Crippen molar-refractivity contribution in [2.45, 2.75) is 58.3 Å². The summed E-state index contributed by atoms with van der Waals surface area (Å²) < 4.78 is 11.1. The highest BCUT2D eigenvalue weighted by Gasteiger charge is 2.38. The van der Waals surface area contributed by atoms with E-state index in [4.69, 9.17) is 14.7 Å². The summed E-state index contributed by atoms with van der Waals surface area (Å²) in [4.78, 5) is 36.7. The molecule has 0 saturated heterocycles. The fourth-order valence-electron chi connectivity index (χ4n) is 3.92. The second kappa shape index (κ2) is 12.4. The van der Waals surface area contributed by atoms with Gasteiger partial charge >= 0.3 is 5.97 Å². The monoisotopic (exact) mass is 455 g/mol. The highest BCUT2D eigenvalue weighted by Crippen LogP contribution is 2.43. The average molecular weight is 456 g/mol. The molecule has 1 aliphatic rings. The Balaban J connectivity index is 2.36. The number of nitro benzene ring substituents is 1. The number of benzene rings is 1. The molecule has 1 unspecified atom stereocenters. The molecule has 1 aromatic rings. The molecule has 0 aromatic heterocycles. The number of ether oxygens (including phenoxy) is 2. The minimum Gasteiger partial charge on any atom is -0.495 e. The lowest BCUT2D eigenvalue weighted by Crippen LogP contribution is -2.32. The van der Waals surface area contributed by atoms with E-state index in [1.54, 1.807) is 26.0 Å². The Kier molecular flexibility index (Phi) is 9.61. The number of nitrogens with zero attached hydrogens (tertiary/aromatic N) is 3. The number of hydrogen-bond acceptors (Lipinski definition) is 7. The highest BCUT2D eigenvalue weighted by molar-refractivity contribution is 5.93. The molecule has 1 amide bonds. The van der Waals surface area contributed by atoms with Crippen molar-refractivity contribution in [1.82, 2.24) is 4.90 Å². The zero-order chi connectivity index (χ0) is 24.4. The second-order valence-electron chi connectivity index (χ2n) is 7.73. The second-order valence-corrected chi connectivity index (χ2v) is 7.73. The fourth-order valence-corrected chi connectivity index (χ4v) is 3.92. The summed E-state index contributed by atoms with van der Waals surface area (Å²) in [6, 6.07) is 8.16. The molecule has 1 heterocycles. The van der Waals surface area contributed by atoms with Crippen LogP contribution >= 0.6 is 0 Å². The third-order valence-corrected chi connectivity index (χ3v) is 5.64. The first-order chi connectivity index (χ1) is 15.9. The number of esters is 1. The summed E-state index contributed by atoms with van der Waals surface area (Å²) in [6.45, 7) is 3.70. The Hall–Kier alpha value is -3.67. The summed E-state index contributed by atoms with van der Waals surface area (Å²) in [5, 5.41) is 19.9. The van der Waals surface area contributed by atoms with Crippen LogP contribution in [0.2, 0.25) is 0 Å². The average Bonchev–Trinajstić information content (AvgIpc) is 2.81. The number of nitro groups is 1. The third kappa shape index (κ3) is 6.19. The first kappa shape index (κ1) is 25.6. The third-order valence-electron chi connectivity index (χ3n) is 5.64. The Bertz CT molecular complexity index is 992. The molecule has 0 bridgehead atoms. The van der Waals surface area contributed by atoms with Gasteiger partial charge in [0.2, 0.25) is 6.41 Å². The maximum absolute atomic E-state index is 12.7. The van der Waals surface area contributed by atoms with E-state index >= 15 is 0 Å². The molecule has 0 fully saturated rings. The molecule has 0 saturated carbocycles. The normalized spacial score (nSPS) is 15.8. The zero-order valence-electron chi connectivity index (χ0n) is 19.2. The Morgan fingerprint density at radius 2 is 1.91 bits per heavy atom. The number of carbonyl (C=O) groups excluding carboxylic acids is 2. The SMILES string of the molecule is COC(=O)C1=C(C)N(C=O)C(C)=C(OCCCCCCCC#N)C1c1cccc([N+](=O)[O-])c1. The van der Waals surface area contributed by atoms with Crippen molar-refractivity contribution in [3.8, 4) is 6.07 Å². The summed E-state index contributed by atoms with van der Waals surface area (Å²) in [7, 11) is 1.25. The summed E-state index contributed by atoms with van der Waals surface area (Å²) in [5.41, 5.74) is 1.49. The first-order valence-electron chi connectivity index (χ1n) is 10.9. The highest BCUT2D eigenvalue weighted by atomic mass is 16.6. The van der Waals surface area contributed by atoms with Crippen molar-refractivity contribution in [1.29, 1.82) is 5.26 Å². The lowest BCUT2D eigenvalue weighted by atomic mass is 9.84. The molecule has 9 nitrogen and oxygen atoms in total. The van der Waals surface area contributed by atoms with Crippen molar-refractivity contribution >= 4 is 18.1 Å². The number of unbranched alkanes of at least 4 members (excludes halogenated alkanes) is 5. The minimum atomic E-state index is -0.746. The zero-order valence-corrected chi connectivity index (χ0v) is 19.2. The van der Waals surface area contributed by atoms with E-state index in [0.717, 1.165) is 32.1 Å². The van der Waals surface area contributed by atoms with E-state index in [2.05, 4.69) is 6.07 Å². The van der Waals surface area contributed by atoms with Gasteiger partial charge in [-0.05, 0) is 32.3 Å². The molecular formula is C24H29N3O6. The van der Waals surface area contributed by atoms with Crippen LogP contribution in [0.15, 0.2) is 47.0 Å². The van der Waals surface area contributed by atoms with E-state index in [1.807, 2.05) is 0 Å². The number of amides is 1. The van der Waals surface area contributed by atoms with E-state index < -0.39 is 16.8 Å². The van der Waals surface area contributed by atoms with Gasteiger partial charge in [-0.15, -0.1) is 0 Å².